The molecule has 0 aliphatic rings. The fourth-order valence-electron chi connectivity index (χ4n) is 2.47. The van der Waals surface area contributed by atoms with Crippen molar-refractivity contribution in [3.63, 3.8) is 0 Å². The summed E-state index contributed by atoms with van der Waals surface area (Å²) in [5.74, 6) is -3.30. The number of hydrogen-bond donors (Lipinski definition) is 1. The van der Waals surface area contributed by atoms with Gasteiger partial charge in [0.15, 0.2) is 18.1 Å². The lowest BCUT2D eigenvalue weighted by atomic mass is 10.1. The number of alkyl halides is 2. The number of nitro groups is 1. The van der Waals surface area contributed by atoms with Crippen LogP contribution in [-0.2, 0) is 16.0 Å². The normalized spacial score (nSPS) is 10.5. The van der Waals surface area contributed by atoms with Crippen LogP contribution >= 0.6 is 0 Å². The summed E-state index contributed by atoms with van der Waals surface area (Å²) >= 11 is 0. The second kappa shape index (κ2) is 10.8. The monoisotopic (exact) mass is 442 g/mol. The van der Waals surface area contributed by atoms with Gasteiger partial charge in [0.2, 0.25) is 0 Å². The van der Waals surface area contributed by atoms with Gasteiger partial charge in [-0.2, -0.15) is 8.78 Å². The van der Waals surface area contributed by atoms with Gasteiger partial charge in [-0.05, 0) is 24.1 Å². The molecule has 2 aromatic carbocycles. The van der Waals surface area contributed by atoms with Crippen molar-refractivity contribution in [3.05, 3.63) is 63.5 Å². The first-order valence-corrected chi connectivity index (χ1v) is 8.70. The van der Waals surface area contributed by atoms with Crippen LogP contribution in [0.1, 0.15) is 15.9 Å². The number of esters is 1. The zero-order chi connectivity index (χ0) is 23.0. The maximum atomic E-state index is 12.8. The van der Waals surface area contributed by atoms with Crippen LogP contribution in [0.3, 0.4) is 0 Å². The highest BCUT2D eigenvalue weighted by atomic mass is 19.3. The van der Waals surface area contributed by atoms with Gasteiger partial charge in [-0.15, -0.1) is 0 Å². The average Bonchev–Trinajstić information content (AvgIpc) is 2.72. The quantitative estimate of drug-likeness (QED) is 0.342. The number of ether oxygens (including phenoxy) is 3. The highest BCUT2D eigenvalue weighted by molar-refractivity contribution is 5.96. The Bertz CT molecular complexity index is 952. The molecule has 0 saturated carbocycles. The molecule has 166 valence electrons. The summed E-state index contributed by atoms with van der Waals surface area (Å²) in [4.78, 5) is 34.3. The molecular formula is C19H17F3N2O7. The smallest absolute Gasteiger partial charge is 0.387 e. The SMILES string of the molecule is COc1cc(C(=O)OCC(=O)NCCc2ccc(F)cc2)c([N+](=O)[O-])cc1OC(F)F. The largest absolute Gasteiger partial charge is 0.493 e. The minimum absolute atomic E-state index is 0.176. The molecule has 0 heterocycles. The van der Waals surface area contributed by atoms with Crippen LogP contribution < -0.4 is 14.8 Å². The molecule has 1 amide bonds. The minimum atomic E-state index is -3.27. The van der Waals surface area contributed by atoms with Crippen molar-refractivity contribution in [2.45, 2.75) is 13.0 Å². The van der Waals surface area contributed by atoms with E-state index in [0.29, 0.717) is 12.5 Å². The summed E-state index contributed by atoms with van der Waals surface area (Å²) in [5, 5.41) is 13.7. The molecule has 2 aromatic rings. The molecule has 12 heteroatoms. The first-order chi connectivity index (χ1) is 14.7. The van der Waals surface area contributed by atoms with E-state index in [1.54, 1.807) is 12.1 Å². The average molecular weight is 442 g/mol. The molecule has 1 N–H and O–H groups in total. The molecule has 0 fully saturated rings. The van der Waals surface area contributed by atoms with E-state index in [0.717, 1.165) is 18.7 Å². The third-order valence-corrected chi connectivity index (χ3v) is 3.90. The van der Waals surface area contributed by atoms with E-state index in [2.05, 4.69) is 10.1 Å². The van der Waals surface area contributed by atoms with E-state index in [1.807, 2.05) is 0 Å². The number of carbonyl (C=O) groups excluding carboxylic acids is 2. The number of nitrogens with zero attached hydrogens (tertiary/aromatic N) is 1. The van der Waals surface area contributed by atoms with Gasteiger partial charge in [0.05, 0.1) is 18.1 Å². The molecule has 0 saturated heterocycles. The predicted octanol–water partition coefficient (Wildman–Crippen LogP) is 2.86. The zero-order valence-electron chi connectivity index (χ0n) is 16.1. The molecule has 0 radical (unpaired) electrons. The molecule has 2 rings (SSSR count). The molecule has 0 unspecified atom stereocenters. The number of nitrogens with one attached hydrogen (secondary N) is 1. The molecule has 0 aliphatic heterocycles. The van der Waals surface area contributed by atoms with Gasteiger partial charge >= 0.3 is 12.6 Å². The van der Waals surface area contributed by atoms with Crippen molar-refractivity contribution in [3.8, 4) is 11.5 Å². The van der Waals surface area contributed by atoms with Crippen LogP contribution in [0.5, 0.6) is 11.5 Å². The second-order valence-electron chi connectivity index (χ2n) is 5.96. The second-order valence-corrected chi connectivity index (χ2v) is 5.96. The van der Waals surface area contributed by atoms with Crippen molar-refractivity contribution in [2.75, 3.05) is 20.3 Å². The molecule has 31 heavy (non-hydrogen) atoms. The summed E-state index contributed by atoms with van der Waals surface area (Å²) in [6, 6.07) is 7.06. The maximum absolute atomic E-state index is 12.8. The van der Waals surface area contributed by atoms with Gasteiger partial charge in [0.25, 0.3) is 11.6 Å². The lowest BCUT2D eigenvalue weighted by Crippen LogP contribution is -2.30. The van der Waals surface area contributed by atoms with Gasteiger partial charge < -0.3 is 19.5 Å². The number of benzene rings is 2. The van der Waals surface area contributed by atoms with Gasteiger partial charge in [-0.1, -0.05) is 12.1 Å². The number of hydrogen-bond acceptors (Lipinski definition) is 7. The van der Waals surface area contributed by atoms with E-state index in [-0.39, 0.29) is 18.1 Å². The van der Waals surface area contributed by atoms with Gasteiger partial charge in [0.1, 0.15) is 11.4 Å². The van der Waals surface area contributed by atoms with Crippen molar-refractivity contribution in [1.82, 2.24) is 5.32 Å². The summed E-state index contributed by atoms with van der Waals surface area (Å²) in [6.07, 6.45) is 0.397. The van der Waals surface area contributed by atoms with E-state index in [4.69, 9.17) is 9.47 Å². The van der Waals surface area contributed by atoms with E-state index >= 15 is 0 Å². The highest BCUT2D eigenvalue weighted by Gasteiger charge is 2.27. The Morgan fingerprint density at radius 2 is 1.84 bits per heavy atom. The van der Waals surface area contributed by atoms with Crippen LogP contribution in [0, 0.1) is 15.9 Å². The third kappa shape index (κ3) is 6.87. The third-order valence-electron chi connectivity index (χ3n) is 3.90. The molecule has 9 nitrogen and oxygen atoms in total. The molecule has 0 spiro atoms. The molecule has 0 aliphatic carbocycles. The van der Waals surface area contributed by atoms with Gasteiger partial charge in [-0.3, -0.25) is 14.9 Å². The highest BCUT2D eigenvalue weighted by Crippen LogP contribution is 2.36. The van der Waals surface area contributed by atoms with Crippen LogP contribution in [0.2, 0.25) is 0 Å². The summed E-state index contributed by atoms with van der Waals surface area (Å²) in [5.41, 5.74) is -0.701. The number of methoxy groups -OCH3 is 1. The fraction of sp³-hybridized carbons (Fsp3) is 0.263. The van der Waals surface area contributed by atoms with E-state index in [1.165, 1.54) is 12.1 Å². The van der Waals surface area contributed by atoms with E-state index in [9.17, 15) is 32.9 Å². The summed E-state index contributed by atoms with van der Waals surface area (Å²) in [7, 11) is 1.09. The standard InChI is InChI=1S/C19H17F3N2O7/c1-29-15-8-13(14(24(27)28)9-16(15)31-19(21)22)18(26)30-10-17(25)23-7-6-11-2-4-12(20)5-3-11/h2-5,8-9,19H,6-7,10H2,1H3,(H,23,25). The number of nitro benzene ring substituents is 1. The zero-order valence-corrected chi connectivity index (χ0v) is 16.1. The lowest BCUT2D eigenvalue weighted by Gasteiger charge is -2.12. The van der Waals surface area contributed by atoms with Crippen LogP contribution in [0.15, 0.2) is 36.4 Å². The van der Waals surface area contributed by atoms with Crippen molar-refractivity contribution in [1.29, 1.82) is 0 Å². The van der Waals surface area contributed by atoms with Crippen LogP contribution in [-0.4, -0.2) is 43.7 Å². The lowest BCUT2D eigenvalue weighted by molar-refractivity contribution is -0.385. The Morgan fingerprint density at radius 3 is 2.42 bits per heavy atom. The number of rotatable bonds is 10. The van der Waals surface area contributed by atoms with Crippen molar-refractivity contribution >= 4 is 17.6 Å². The topological polar surface area (TPSA) is 117 Å². The Kier molecular flexibility index (Phi) is 8.17. The number of amides is 1. The molecule has 0 atom stereocenters. The van der Waals surface area contributed by atoms with Gasteiger partial charge in [-0.25, -0.2) is 9.18 Å². The first-order valence-electron chi connectivity index (χ1n) is 8.70. The van der Waals surface area contributed by atoms with Crippen molar-refractivity contribution in [2.24, 2.45) is 0 Å². The van der Waals surface area contributed by atoms with E-state index < -0.39 is 47.0 Å². The fourth-order valence-corrected chi connectivity index (χ4v) is 2.47. The summed E-state index contributed by atoms with van der Waals surface area (Å²) < 4.78 is 51.5. The maximum Gasteiger partial charge on any atom is 0.387 e. The number of halogens is 3. The Labute approximate surface area is 173 Å². The molecule has 0 bridgehead atoms. The Morgan fingerprint density at radius 1 is 1.16 bits per heavy atom. The van der Waals surface area contributed by atoms with Gasteiger partial charge in [0, 0.05) is 12.6 Å². The minimum Gasteiger partial charge on any atom is -0.493 e. The molecule has 0 aromatic heterocycles. The number of carbonyl (C=O) groups is 2. The Hall–Kier alpha value is -3.83. The summed E-state index contributed by atoms with van der Waals surface area (Å²) in [6.45, 7) is -3.84. The predicted molar refractivity (Wildman–Crippen MR) is 99.7 cm³/mol. The molecular weight excluding hydrogens is 425 g/mol. The first kappa shape index (κ1) is 23.4. The van der Waals surface area contributed by atoms with Crippen molar-refractivity contribution < 1.29 is 41.9 Å². The van der Waals surface area contributed by atoms with Crippen LogP contribution in [0.4, 0.5) is 18.9 Å². The van der Waals surface area contributed by atoms with Crippen LogP contribution in [0.25, 0.3) is 0 Å². The Balaban J connectivity index is 1.99.